The Bertz CT molecular complexity index is 509. The topological polar surface area (TPSA) is 35.5 Å². The summed E-state index contributed by atoms with van der Waals surface area (Å²) in [5.74, 6) is 0.970. The summed E-state index contributed by atoms with van der Waals surface area (Å²) >= 11 is 0. The second kappa shape index (κ2) is 12.0. The lowest BCUT2D eigenvalue weighted by molar-refractivity contribution is -0.144. The molecule has 1 aromatic rings. The van der Waals surface area contributed by atoms with E-state index in [1.165, 1.54) is 44.9 Å². The van der Waals surface area contributed by atoms with Gasteiger partial charge in [-0.1, -0.05) is 77.3 Å². The minimum Gasteiger partial charge on any atom is -0.494 e. The van der Waals surface area contributed by atoms with Gasteiger partial charge in [-0.25, -0.2) is 0 Å². The zero-order chi connectivity index (χ0) is 18.6. The first-order valence-corrected chi connectivity index (χ1v) is 10.7. The molecule has 2 rings (SSSR count). The average Bonchev–Trinajstić information content (AvgIpc) is 3.03. The highest BCUT2D eigenvalue weighted by Crippen LogP contribution is 2.36. The minimum atomic E-state index is -0.0817. The van der Waals surface area contributed by atoms with Gasteiger partial charge in [-0.05, 0) is 30.5 Å². The molecule has 1 aliphatic rings. The van der Waals surface area contributed by atoms with Crippen LogP contribution >= 0.6 is 0 Å². The lowest BCUT2D eigenvalue weighted by Gasteiger charge is -2.11. The number of ether oxygens (including phenoxy) is 2. The molecule has 26 heavy (non-hydrogen) atoms. The van der Waals surface area contributed by atoms with E-state index in [9.17, 15) is 4.79 Å². The van der Waals surface area contributed by atoms with Gasteiger partial charge in [0.25, 0.3) is 0 Å². The summed E-state index contributed by atoms with van der Waals surface area (Å²) < 4.78 is 11.4. The summed E-state index contributed by atoms with van der Waals surface area (Å²) in [5, 5.41) is 0. The first kappa shape index (κ1) is 20.8. The van der Waals surface area contributed by atoms with Crippen LogP contribution in [0.1, 0.15) is 96.1 Å². The van der Waals surface area contributed by atoms with Crippen LogP contribution in [0.15, 0.2) is 24.3 Å². The molecular formula is C23H36O3. The van der Waals surface area contributed by atoms with Crippen molar-refractivity contribution in [3.63, 3.8) is 0 Å². The van der Waals surface area contributed by atoms with Crippen molar-refractivity contribution >= 4 is 5.97 Å². The maximum atomic E-state index is 12.1. The van der Waals surface area contributed by atoms with Crippen LogP contribution in [0.25, 0.3) is 0 Å². The molecule has 0 saturated carbocycles. The van der Waals surface area contributed by atoms with Crippen LogP contribution in [-0.4, -0.2) is 12.6 Å². The maximum Gasteiger partial charge on any atom is 0.309 e. The Balaban J connectivity index is 1.71. The normalized spacial score (nSPS) is 19.5. The van der Waals surface area contributed by atoms with E-state index < -0.39 is 0 Å². The van der Waals surface area contributed by atoms with Crippen molar-refractivity contribution in [2.45, 2.75) is 90.6 Å². The van der Waals surface area contributed by atoms with Crippen molar-refractivity contribution in [1.29, 1.82) is 0 Å². The van der Waals surface area contributed by atoms with Gasteiger partial charge in [0.1, 0.15) is 11.9 Å². The van der Waals surface area contributed by atoms with Gasteiger partial charge in [0.05, 0.1) is 12.5 Å². The van der Waals surface area contributed by atoms with Gasteiger partial charge in [0, 0.05) is 6.42 Å². The van der Waals surface area contributed by atoms with Crippen molar-refractivity contribution in [3.05, 3.63) is 29.8 Å². The molecule has 1 aromatic carbocycles. The maximum absolute atomic E-state index is 12.1. The molecule has 3 heteroatoms. The van der Waals surface area contributed by atoms with E-state index in [1.807, 2.05) is 24.3 Å². The van der Waals surface area contributed by atoms with Crippen LogP contribution in [0.5, 0.6) is 5.75 Å². The third-order valence-electron chi connectivity index (χ3n) is 5.26. The standard InChI is InChI=1S/C23H36O3/c1-3-5-7-8-9-10-12-20-18-22(26-23(20)24)19-13-15-21(16-14-19)25-17-11-6-4-2/h13-16,20,22H,3-12,17-18H2,1-2H3. The van der Waals surface area contributed by atoms with E-state index in [2.05, 4.69) is 13.8 Å². The fourth-order valence-electron chi connectivity index (χ4n) is 3.57. The molecule has 0 radical (unpaired) electrons. The van der Waals surface area contributed by atoms with Crippen molar-refractivity contribution in [2.75, 3.05) is 6.61 Å². The summed E-state index contributed by atoms with van der Waals surface area (Å²) in [6, 6.07) is 8.08. The van der Waals surface area contributed by atoms with E-state index in [0.29, 0.717) is 0 Å². The Morgan fingerprint density at radius 1 is 0.923 bits per heavy atom. The predicted molar refractivity (Wildman–Crippen MR) is 106 cm³/mol. The molecule has 0 spiro atoms. The minimum absolute atomic E-state index is 0.0107. The first-order chi connectivity index (χ1) is 12.7. The summed E-state index contributed by atoms with van der Waals surface area (Å²) in [6.07, 6.45) is 12.8. The second-order valence-electron chi connectivity index (χ2n) is 7.54. The lowest BCUT2D eigenvalue weighted by Crippen LogP contribution is -2.07. The molecule has 0 aromatic heterocycles. The predicted octanol–water partition coefficient (Wildman–Crippen LogP) is 6.61. The Morgan fingerprint density at radius 3 is 2.31 bits per heavy atom. The largest absolute Gasteiger partial charge is 0.494 e. The van der Waals surface area contributed by atoms with Crippen LogP contribution in [0.4, 0.5) is 0 Å². The zero-order valence-electron chi connectivity index (χ0n) is 16.7. The molecule has 1 heterocycles. The van der Waals surface area contributed by atoms with E-state index >= 15 is 0 Å². The number of esters is 1. The molecule has 1 fully saturated rings. The summed E-state index contributed by atoms with van der Waals surface area (Å²) in [7, 11) is 0. The zero-order valence-corrected chi connectivity index (χ0v) is 16.7. The van der Waals surface area contributed by atoms with Gasteiger partial charge in [0.2, 0.25) is 0 Å². The van der Waals surface area contributed by atoms with Gasteiger partial charge in [-0.2, -0.15) is 0 Å². The highest BCUT2D eigenvalue weighted by atomic mass is 16.6. The number of carbonyl (C=O) groups excluding carboxylic acids is 1. The molecule has 1 saturated heterocycles. The molecule has 3 nitrogen and oxygen atoms in total. The highest BCUT2D eigenvalue weighted by molar-refractivity contribution is 5.74. The van der Waals surface area contributed by atoms with Gasteiger partial charge < -0.3 is 9.47 Å². The monoisotopic (exact) mass is 360 g/mol. The third-order valence-corrected chi connectivity index (χ3v) is 5.26. The van der Waals surface area contributed by atoms with Crippen LogP contribution in [0.3, 0.4) is 0 Å². The van der Waals surface area contributed by atoms with E-state index in [0.717, 1.165) is 43.6 Å². The van der Waals surface area contributed by atoms with E-state index in [1.54, 1.807) is 0 Å². The average molecular weight is 361 g/mol. The quantitative estimate of drug-likeness (QED) is 0.293. The van der Waals surface area contributed by atoms with Gasteiger partial charge in [0.15, 0.2) is 0 Å². The molecule has 146 valence electrons. The van der Waals surface area contributed by atoms with Crippen molar-refractivity contribution < 1.29 is 14.3 Å². The number of unbranched alkanes of at least 4 members (excludes halogenated alkanes) is 7. The van der Waals surface area contributed by atoms with Crippen LogP contribution < -0.4 is 4.74 Å². The smallest absolute Gasteiger partial charge is 0.309 e. The number of hydrogen-bond donors (Lipinski definition) is 0. The van der Waals surface area contributed by atoms with Crippen molar-refractivity contribution in [2.24, 2.45) is 5.92 Å². The fraction of sp³-hybridized carbons (Fsp3) is 0.696. The van der Waals surface area contributed by atoms with Crippen LogP contribution in [0.2, 0.25) is 0 Å². The second-order valence-corrected chi connectivity index (χ2v) is 7.54. The van der Waals surface area contributed by atoms with E-state index in [-0.39, 0.29) is 18.0 Å². The van der Waals surface area contributed by atoms with Gasteiger partial charge in [-0.3, -0.25) is 4.79 Å². The number of benzene rings is 1. The van der Waals surface area contributed by atoms with Crippen molar-refractivity contribution in [1.82, 2.24) is 0 Å². The van der Waals surface area contributed by atoms with Crippen LogP contribution in [-0.2, 0) is 9.53 Å². The Labute approximate surface area is 159 Å². The number of cyclic esters (lactones) is 1. The van der Waals surface area contributed by atoms with E-state index in [4.69, 9.17) is 9.47 Å². The molecule has 0 bridgehead atoms. The molecule has 2 atom stereocenters. The third kappa shape index (κ3) is 7.01. The SMILES string of the molecule is CCCCCCCCC1CC(c2ccc(OCCCCC)cc2)OC1=O. The number of hydrogen-bond acceptors (Lipinski definition) is 3. The summed E-state index contributed by atoms with van der Waals surface area (Å²) in [6.45, 7) is 5.20. The molecule has 0 N–H and O–H groups in total. The van der Waals surface area contributed by atoms with Gasteiger partial charge >= 0.3 is 5.97 Å². The summed E-state index contributed by atoms with van der Waals surface area (Å²) in [4.78, 5) is 12.1. The number of carbonyl (C=O) groups is 1. The Morgan fingerprint density at radius 2 is 1.58 bits per heavy atom. The Kier molecular flexibility index (Phi) is 9.58. The highest BCUT2D eigenvalue weighted by Gasteiger charge is 2.34. The van der Waals surface area contributed by atoms with Gasteiger partial charge in [-0.15, -0.1) is 0 Å². The first-order valence-electron chi connectivity index (χ1n) is 10.7. The van der Waals surface area contributed by atoms with Crippen molar-refractivity contribution in [3.8, 4) is 5.75 Å². The molecular weight excluding hydrogens is 324 g/mol. The van der Waals surface area contributed by atoms with Crippen LogP contribution in [0, 0.1) is 5.92 Å². The Hall–Kier alpha value is -1.51. The molecule has 0 amide bonds. The lowest BCUT2D eigenvalue weighted by atomic mass is 9.95. The molecule has 2 unspecified atom stereocenters. The molecule has 1 aliphatic heterocycles. The molecule has 0 aliphatic carbocycles. The summed E-state index contributed by atoms with van der Waals surface area (Å²) in [5.41, 5.74) is 1.09. The fourth-order valence-corrected chi connectivity index (χ4v) is 3.57. The number of rotatable bonds is 13.